The molecule has 4 atom stereocenters. The number of hydrogen-bond acceptors (Lipinski definition) is 6. The molecule has 0 aliphatic carbocycles. The molecule has 0 aromatic carbocycles. The molecule has 0 N–H and O–H groups in total. The second-order valence-corrected chi connectivity index (χ2v) is 14.4. The van der Waals surface area contributed by atoms with E-state index in [0.29, 0.717) is 12.4 Å². The van der Waals surface area contributed by atoms with Crippen molar-refractivity contribution in [3.05, 3.63) is 12.5 Å². The van der Waals surface area contributed by atoms with Gasteiger partial charge in [0.05, 0.1) is 19.1 Å². The van der Waals surface area contributed by atoms with E-state index in [2.05, 4.69) is 38.8 Å². The molecule has 2 saturated heterocycles. The second kappa shape index (κ2) is 7.21. The van der Waals surface area contributed by atoms with Gasteiger partial charge in [-0.1, -0.05) is 20.8 Å². The first kappa shape index (κ1) is 21.4. The third-order valence-corrected chi connectivity index (χ3v) is 10.5. The fourth-order valence-corrected chi connectivity index (χ4v) is 4.36. The molecular formula is C19H33N3O5Si. The third kappa shape index (κ3) is 3.91. The maximum atomic E-state index is 11.2. The number of nitrogens with zero attached hydrogens (tertiary/aromatic N) is 3. The number of carbonyl (C=O) groups excluding carboxylic acids is 1. The first-order valence-electron chi connectivity index (χ1n) is 9.71. The standard InChI is InChI=1S/C19H33N3O5Si/c1-18(2,3)28(7,8)24-10-13-15-16(27-19(4,5)26-15)17(25-13)22-11-20-9-14(22)21(6)12-23/h9,11-13,15-17H,10H2,1-8H3/t13-,15-,16-,17-/m1/s1. The predicted molar refractivity (Wildman–Crippen MR) is 108 cm³/mol. The molecule has 28 heavy (non-hydrogen) atoms. The molecule has 8 nitrogen and oxygen atoms in total. The van der Waals surface area contributed by atoms with Gasteiger partial charge < -0.3 is 23.5 Å². The Morgan fingerprint density at radius 2 is 1.96 bits per heavy atom. The van der Waals surface area contributed by atoms with Crippen LogP contribution in [-0.4, -0.2) is 62.0 Å². The fourth-order valence-electron chi connectivity index (χ4n) is 3.35. The number of carbonyl (C=O) groups is 1. The molecule has 9 heteroatoms. The lowest BCUT2D eigenvalue weighted by molar-refractivity contribution is -0.199. The molecule has 0 spiro atoms. The lowest BCUT2D eigenvalue weighted by Gasteiger charge is -2.37. The minimum Gasteiger partial charge on any atom is -0.414 e. The summed E-state index contributed by atoms with van der Waals surface area (Å²) >= 11 is 0. The van der Waals surface area contributed by atoms with Gasteiger partial charge in [-0.2, -0.15) is 0 Å². The van der Waals surface area contributed by atoms with Crippen LogP contribution in [0.2, 0.25) is 18.1 Å². The van der Waals surface area contributed by atoms with Gasteiger partial charge in [0.25, 0.3) is 0 Å². The molecule has 0 radical (unpaired) electrons. The van der Waals surface area contributed by atoms with Crippen LogP contribution in [0.15, 0.2) is 12.5 Å². The summed E-state index contributed by atoms with van der Waals surface area (Å²) in [6.45, 7) is 15.3. The van der Waals surface area contributed by atoms with Gasteiger partial charge in [0, 0.05) is 7.05 Å². The van der Waals surface area contributed by atoms with E-state index in [0.717, 1.165) is 6.41 Å². The number of aromatic nitrogens is 2. The van der Waals surface area contributed by atoms with Gasteiger partial charge in [0.2, 0.25) is 6.41 Å². The smallest absolute Gasteiger partial charge is 0.215 e. The molecule has 1 amide bonds. The lowest BCUT2D eigenvalue weighted by Crippen LogP contribution is -2.44. The van der Waals surface area contributed by atoms with Gasteiger partial charge in [-0.3, -0.25) is 9.36 Å². The topological polar surface area (TPSA) is 75.1 Å². The van der Waals surface area contributed by atoms with Crippen molar-refractivity contribution in [3.63, 3.8) is 0 Å². The van der Waals surface area contributed by atoms with Crippen molar-refractivity contribution in [2.45, 2.75) is 83.1 Å². The van der Waals surface area contributed by atoms with E-state index in [-0.39, 0.29) is 23.4 Å². The van der Waals surface area contributed by atoms with Gasteiger partial charge >= 0.3 is 0 Å². The van der Waals surface area contributed by atoms with E-state index in [1.54, 1.807) is 19.6 Å². The van der Waals surface area contributed by atoms with Crippen molar-refractivity contribution in [2.24, 2.45) is 0 Å². The molecule has 2 fully saturated rings. The van der Waals surface area contributed by atoms with E-state index in [1.165, 1.54) is 4.90 Å². The minimum atomic E-state index is -1.92. The molecule has 0 unspecified atom stereocenters. The highest BCUT2D eigenvalue weighted by atomic mass is 28.4. The fraction of sp³-hybridized carbons (Fsp3) is 0.789. The maximum absolute atomic E-state index is 11.2. The Bertz CT molecular complexity index is 715. The van der Waals surface area contributed by atoms with Crippen molar-refractivity contribution in [1.29, 1.82) is 0 Å². The van der Waals surface area contributed by atoms with E-state index in [4.69, 9.17) is 18.6 Å². The molecule has 2 aliphatic rings. The summed E-state index contributed by atoms with van der Waals surface area (Å²) in [7, 11) is -0.244. The van der Waals surface area contributed by atoms with E-state index in [1.807, 2.05) is 18.4 Å². The molecule has 2 aliphatic heterocycles. The van der Waals surface area contributed by atoms with Gasteiger partial charge in [0.15, 0.2) is 20.3 Å². The third-order valence-electron chi connectivity index (χ3n) is 5.98. The van der Waals surface area contributed by atoms with E-state index < -0.39 is 20.3 Å². The van der Waals surface area contributed by atoms with Crippen molar-refractivity contribution < 1.29 is 23.4 Å². The number of imidazole rings is 1. The normalized spacial score (nSPS) is 29.7. The highest BCUT2D eigenvalue weighted by Gasteiger charge is 2.56. The number of fused-ring (bicyclic) bond motifs is 1. The van der Waals surface area contributed by atoms with Crippen LogP contribution in [0.5, 0.6) is 0 Å². The average Bonchev–Trinajstić information content (AvgIpc) is 3.24. The zero-order valence-corrected chi connectivity index (χ0v) is 19.1. The summed E-state index contributed by atoms with van der Waals surface area (Å²) < 4.78 is 26.9. The molecule has 1 aromatic rings. The van der Waals surface area contributed by atoms with Gasteiger partial charge in [-0.25, -0.2) is 4.98 Å². The van der Waals surface area contributed by atoms with Crippen LogP contribution in [0.3, 0.4) is 0 Å². The summed E-state index contributed by atoms with van der Waals surface area (Å²) in [4.78, 5) is 16.9. The molecular weight excluding hydrogens is 378 g/mol. The summed E-state index contributed by atoms with van der Waals surface area (Å²) in [5.41, 5.74) is 0. The number of amides is 1. The summed E-state index contributed by atoms with van der Waals surface area (Å²) in [6, 6.07) is 0. The quantitative estimate of drug-likeness (QED) is 0.529. The molecule has 0 bridgehead atoms. The highest BCUT2D eigenvalue weighted by molar-refractivity contribution is 6.74. The van der Waals surface area contributed by atoms with Crippen LogP contribution in [0, 0.1) is 0 Å². The Morgan fingerprint density at radius 1 is 1.32 bits per heavy atom. The van der Waals surface area contributed by atoms with Crippen LogP contribution in [0.25, 0.3) is 0 Å². The summed E-state index contributed by atoms with van der Waals surface area (Å²) in [5.74, 6) is -0.0674. The Balaban J connectivity index is 1.83. The van der Waals surface area contributed by atoms with Crippen molar-refractivity contribution >= 4 is 20.5 Å². The maximum Gasteiger partial charge on any atom is 0.215 e. The Hall–Kier alpha value is -1.26. The average molecular weight is 412 g/mol. The zero-order chi connectivity index (χ0) is 20.9. The van der Waals surface area contributed by atoms with Crippen molar-refractivity contribution in [3.8, 4) is 0 Å². The van der Waals surface area contributed by atoms with E-state index in [9.17, 15) is 4.79 Å². The van der Waals surface area contributed by atoms with Crippen molar-refractivity contribution in [2.75, 3.05) is 18.6 Å². The van der Waals surface area contributed by atoms with Gasteiger partial charge in [-0.15, -0.1) is 0 Å². The lowest BCUT2D eigenvalue weighted by atomic mass is 10.1. The number of rotatable bonds is 6. The highest BCUT2D eigenvalue weighted by Crippen LogP contribution is 2.45. The molecule has 3 rings (SSSR count). The van der Waals surface area contributed by atoms with E-state index >= 15 is 0 Å². The summed E-state index contributed by atoms with van der Waals surface area (Å²) in [6.07, 6.45) is 2.77. The van der Waals surface area contributed by atoms with Crippen molar-refractivity contribution in [1.82, 2.24) is 9.55 Å². The Morgan fingerprint density at radius 3 is 2.57 bits per heavy atom. The SMILES string of the molecule is CN(C=O)c1cncn1[C@@H]1O[C@H](CO[Si](C)(C)C(C)(C)C)[C@H]2OC(C)(C)O[C@H]21. The number of ether oxygens (including phenoxy) is 3. The minimum absolute atomic E-state index is 0.112. The molecule has 0 saturated carbocycles. The first-order valence-corrected chi connectivity index (χ1v) is 12.6. The Kier molecular flexibility index (Phi) is 5.52. The van der Waals surface area contributed by atoms with Crippen LogP contribution in [0.1, 0.15) is 40.8 Å². The number of hydrogen-bond donors (Lipinski definition) is 0. The van der Waals surface area contributed by atoms with Crippen LogP contribution in [0.4, 0.5) is 5.82 Å². The molecule has 1 aromatic heterocycles. The second-order valence-electron chi connectivity index (χ2n) is 9.58. The van der Waals surface area contributed by atoms with Crippen LogP contribution in [-0.2, 0) is 23.4 Å². The number of anilines is 1. The Labute approximate surface area is 168 Å². The molecule has 158 valence electrons. The predicted octanol–water partition coefficient (Wildman–Crippen LogP) is 2.92. The van der Waals surface area contributed by atoms with Crippen LogP contribution < -0.4 is 4.90 Å². The molecule has 3 heterocycles. The van der Waals surface area contributed by atoms with Gasteiger partial charge in [-0.05, 0) is 32.0 Å². The first-order chi connectivity index (χ1) is 12.9. The monoisotopic (exact) mass is 411 g/mol. The van der Waals surface area contributed by atoms with Crippen LogP contribution >= 0.6 is 0 Å². The zero-order valence-electron chi connectivity index (χ0n) is 18.1. The largest absolute Gasteiger partial charge is 0.414 e. The summed E-state index contributed by atoms with van der Waals surface area (Å²) in [5, 5.41) is 0.112. The van der Waals surface area contributed by atoms with Gasteiger partial charge in [0.1, 0.15) is 24.1 Å².